The molecule has 4 aromatic rings. The molecule has 0 amide bonds. The Balaban J connectivity index is 0.00000253. The molecule has 0 bridgehead atoms. The summed E-state index contributed by atoms with van der Waals surface area (Å²) in [5.41, 5.74) is 7.14. The van der Waals surface area contributed by atoms with Crippen LogP contribution in [0.3, 0.4) is 0 Å². The van der Waals surface area contributed by atoms with Crippen molar-refractivity contribution >= 4 is 11.9 Å². The van der Waals surface area contributed by atoms with E-state index < -0.39 is 17.4 Å². The first kappa shape index (κ1) is 36.4. The SMILES string of the molecule is CCCCCCOc1ccc(C2(c3ccc(C)c(C(=O)[O-])c3)c3cc(C)ccc3-c3ccc(C)cc32)cc1C(=O)[O-].[K+].[K+]. The summed E-state index contributed by atoms with van der Waals surface area (Å²) in [5, 5.41) is 24.6. The Morgan fingerprint density at radius 2 is 1.21 bits per heavy atom. The van der Waals surface area contributed by atoms with E-state index in [4.69, 9.17) is 4.74 Å². The number of carboxylic acid groups (broad SMARTS) is 2. The third-order valence-electron chi connectivity index (χ3n) is 8.23. The zero-order chi connectivity index (χ0) is 29.3. The second kappa shape index (κ2) is 15.5. The van der Waals surface area contributed by atoms with Crippen molar-refractivity contribution in [3.05, 3.63) is 123 Å². The summed E-state index contributed by atoms with van der Waals surface area (Å²) in [4.78, 5) is 24.6. The van der Waals surface area contributed by atoms with Crippen LogP contribution in [-0.4, -0.2) is 18.5 Å². The molecule has 1 aliphatic carbocycles. The molecule has 4 aromatic carbocycles. The molecule has 0 heterocycles. The maximum absolute atomic E-state index is 12.5. The summed E-state index contributed by atoms with van der Waals surface area (Å²) in [6.07, 6.45) is 4.04. The molecule has 1 aliphatic rings. The zero-order valence-electron chi connectivity index (χ0n) is 26.0. The van der Waals surface area contributed by atoms with Gasteiger partial charge in [0.15, 0.2) is 0 Å². The van der Waals surface area contributed by atoms with Crippen LogP contribution >= 0.6 is 0 Å². The monoisotopic (exact) mass is 624 g/mol. The average Bonchev–Trinajstić information content (AvgIpc) is 3.22. The van der Waals surface area contributed by atoms with Crippen LogP contribution in [0.2, 0.25) is 0 Å². The number of carboxylic acids is 2. The summed E-state index contributed by atoms with van der Waals surface area (Å²) < 4.78 is 5.94. The van der Waals surface area contributed by atoms with Crippen molar-refractivity contribution in [2.45, 2.75) is 58.8 Å². The third-order valence-corrected chi connectivity index (χ3v) is 8.23. The first-order chi connectivity index (χ1) is 19.7. The van der Waals surface area contributed by atoms with Crippen LogP contribution in [-0.2, 0) is 5.41 Å². The molecule has 0 N–H and O–H groups in total. The van der Waals surface area contributed by atoms with E-state index >= 15 is 0 Å². The summed E-state index contributed by atoms with van der Waals surface area (Å²) in [6.45, 7) is 8.33. The summed E-state index contributed by atoms with van der Waals surface area (Å²) in [7, 11) is 0. The normalized spacial score (nSPS) is 12.4. The van der Waals surface area contributed by atoms with Crippen molar-refractivity contribution in [3.8, 4) is 16.9 Å². The first-order valence-corrected chi connectivity index (χ1v) is 14.2. The Kier molecular flexibility index (Phi) is 13.1. The second-order valence-electron chi connectivity index (χ2n) is 11.1. The van der Waals surface area contributed by atoms with Gasteiger partial charge in [-0.15, -0.1) is 0 Å². The number of aryl methyl sites for hydroxylation is 3. The van der Waals surface area contributed by atoms with Gasteiger partial charge in [0, 0.05) is 11.1 Å². The number of hydrogen-bond donors (Lipinski definition) is 0. The summed E-state index contributed by atoms with van der Waals surface area (Å²) in [5.74, 6) is -2.31. The van der Waals surface area contributed by atoms with Crippen molar-refractivity contribution in [1.82, 2.24) is 0 Å². The Morgan fingerprint density at radius 1 is 0.674 bits per heavy atom. The number of benzene rings is 4. The predicted octanol–water partition coefficient (Wildman–Crippen LogP) is -0.331. The van der Waals surface area contributed by atoms with Gasteiger partial charge in [-0.1, -0.05) is 91.9 Å². The molecular weight excluding hydrogens is 591 g/mol. The standard InChI is InChI=1S/C36H36O5.2K/c1-5-6-7-8-17-41-33-16-13-26(21-30(33)35(39)40)36(25-12-11-24(4)29(20-25)34(37)38)31-18-22(2)9-14-27(31)28-15-10-23(3)19-32(28)36;;/h9-16,18-21H,5-8,17H2,1-4H3,(H,37,38)(H,39,40);;/q;2*+1/p-2. The molecule has 0 spiro atoms. The molecule has 0 unspecified atom stereocenters. The number of fused-ring (bicyclic) bond motifs is 3. The van der Waals surface area contributed by atoms with Gasteiger partial charge >= 0.3 is 103 Å². The van der Waals surface area contributed by atoms with Crippen LogP contribution in [0.5, 0.6) is 5.75 Å². The van der Waals surface area contributed by atoms with E-state index in [1.54, 1.807) is 31.2 Å². The van der Waals surface area contributed by atoms with Crippen molar-refractivity contribution in [1.29, 1.82) is 0 Å². The first-order valence-electron chi connectivity index (χ1n) is 14.2. The molecule has 0 aliphatic heterocycles. The topological polar surface area (TPSA) is 89.5 Å². The number of carbonyl (C=O) groups is 2. The number of hydrogen-bond acceptors (Lipinski definition) is 5. The fraction of sp³-hybridized carbons (Fsp3) is 0.278. The Morgan fingerprint density at radius 3 is 1.74 bits per heavy atom. The van der Waals surface area contributed by atoms with E-state index in [2.05, 4.69) is 43.3 Å². The quantitative estimate of drug-likeness (QED) is 0.157. The number of carbonyl (C=O) groups excluding carboxylic acids is 2. The van der Waals surface area contributed by atoms with Crippen LogP contribution in [0.15, 0.2) is 72.8 Å². The minimum Gasteiger partial charge on any atom is -0.545 e. The molecule has 7 heteroatoms. The molecule has 0 radical (unpaired) electrons. The Labute approximate surface area is 339 Å². The second-order valence-corrected chi connectivity index (χ2v) is 11.1. The van der Waals surface area contributed by atoms with Gasteiger partial charge in [0.1, 0.15) is 5.75 Å². The molecule has 0 fully saturated rings. The molecule has 0 aromatic heterocycles. The molecule has 5 rings (SSSR count). The fourth-order valence-corrected chi connectivity index (χ4v) is 6.17. The maximum Gasteiger partial charge on any atom is 1.00 e. The van der Waals surface area contributed by atoms with Crippen LogP contribution in [0.1, 0.15) is 92.3 Å². The largest absolute Gasteiger partial charge is 1.00 e. The fourth-order valence-electron chi connectivity index (χ4n) is 6.17. The van der Waals surface area contributed by atoms with Crippen LogP contribution in [0.25, 0.3) is 11.1 Å². The Bertz CT molecular complexity index is 1610. The van der Waals surface area contributed by atoms with Gasteiger partial charge in [-0.2, -0.15) is 0 Å². The van der Waals surface area contributed by atoms with E-state index in [-0.39, 0.29) is 120 Å². The van der Waals surface area contributed by atoms with E-state index in [9.17, 15) is 19.8 Å². The van der Waals surface area contributed by atoms with E-state index in [0.29, 0.717) is 17.7 Å². The average molecular weight is 625 g/mol. The van der Waals surface area contributed by atoms with Gasteiger partial charge in [0.25, 0.3) is 0 Å². The van der Waals surface area contributed by atoms with Crippen molar-refractivity contribution in [2.75, 3.05) is 6.61 Å². The van der Waals surface area contributed by atoms with Crippen molar-refractivity contribution < 1.29 is 127 Å². The third kappa shape index (κ3) is 7.02. The minimum absolute atomic E-state index is 0. The Hall–Kier alpha value is -1.11. The minimum atomic E-state index is -1.32. The molecule has 5 nitrogen and oxygen atoms in total. The number of aromatic carboxylic acids is 2. The van der Waals surface area contributed by atoms with Gasteiger partial charge in [-0.3, -0.25) is 0 Å². The number of ether oxygens (including phenoxy) is 1. The van der Waals surface area contributed by atoms with Crippen LogP contribution in [0.4, 0.5) is 0 Å². The number of rotatable bonds is 10. The van der Waals surface area contributed by atoms with E-state index in [1.165, 1.54) is 0 Å². The van der Waals surface area contributed by atoms with Gasteiger partial charge in [0.05, 0.1) is 24.0 Å². The van der Waals surface area contributed by atoms with Crippen molar-refractivity contribution in [3.63, 3.8) is 0 Å². The maximum atomic E-state index is 12.5. The summed E-state index contributed by atoms with van der Waals surface area (Å²) >= 11 is 0. The molecule has 43 heavy (non-hydrogen) atoms. The summed E-state index contributed by atoms with van der Waals surface area (Å²) in [6, 6.07) is 23.1. The van der Waals surface area contributed by atoms with Crippen LogP contribution in [0, 0.1) is 20.8 Å². The smallest absolute Gasteiger partial charge is 0.545 e. The molecule has 210 valence electrons. The van der Waals surface area contributed by atoms with Gasteiger partial charge < -0.3 is 24.5 Å². The van der Waals surface area contributed by atoms with Crippen molar-refractivity contribution in [2.24, 2.45) is 0 Å². The predicted molar refractivity (Wildman–Crippen MR) is 156 cm³/mol. The van der Waals surface area contributed by atoms with Gasteiger partial charge in [-0.05, 0) is 84.3 Å². The van der Waals surface area contributed by atoms with E-state index in [1.807, 2.05) is 26.0 Å². The van der Waals surface area contributed by atoms with Crippen LogP contribution < -0.4 is 118 Å². The van der Waals surface area contributed by atoms with Gasteiger partial charge in [-0.25, -0.2) is 0 Å². The zero-order valence-corrected chi connectivity index (χ0v) is 32.3. The molecule has 0 saturated heterocycles. The molecular formula is C36H34K2O5. The molecule has 0 atom stereocenters. The van der Waals surface area contributed by atoms with E-state index in [0.717, 1.165) is 64.6 Å². The number of unbranched alkanes of at least 4 members (excludes halogenated alkanes) is 3. The molecule has 0 saturated carbocycles. The van der Waals surface area contributed by atoms with Gasteiger partial charge in [0.2, 0.25) is 0 Å².